The zero-order valence-corrected chi connectivity index (χ0v) is 13.6. The number of carbonyl (C=O) groups is 2. The zero-order chi connectivity index (χ0) is 16.2. The van der Waals surface area contributed by atoms with E-state index in [-0.39, 0.29) is 23.7 Å². The van der Waals surface area contributed by atoms with Gasteiger partial charge < -0.3 is 10.2 Å². The number of nitrogens with zero attached hydrogens (tertiary/aromatic N) is 1. The number of hydrogen-bond acceptors (Lipinski definition) is 2. The molecule has 2 atom stereocenters. The molecule has 1 saturated heterocycles. The van der Waals surface area contributed by atoms with Gasteiger partial charge in [-0.25, -0.2) is 0 Å². The van der Waals surface area contributed by atoms with Crippen molar-refractivity contribution in [3.8, 4) is 0 Å². The summed E-state index contributed by atoms with van der Waals surface area (Å²) in [4.78, 5) is 27.3. The highest BCUT2D eigenvalue weighted by Gasteiger charge is 2.36. The van der Waals surface area contributed by atoms with E-state index in [1.165, 1.54) is 0 Å². The first-order valence-corrected chi connectivity index (χ1v) is 8.46. The summed E-state index contributed by atoms with van der Waals surface area (Å²) in [7, 11) is 0. The van der Waals surface area contributed by atoms with E-state index in [9.17, 15) is 9.59 Å². The molecule has 1 N–H and O–H groups in total. The fourth-order valence-electron chi connectivity index (χ4n) is 3.42. The smallest absolute Gasteiger partial charge is 0.228 e. The molecule has 0 saturated carbocycles. The van der Waals surface area contributed by atoms with Crippen LogP contribution in [-0.4, -0.2) is 29.8 Å². The number of nitrogens with one attached hydrogen (secondary N) is 1. The number of aryl methyl sites for hydroxylation is 1. The van der Waals surface area contributed by atoms with Crippen LogP contribution in [0.15, 0.2) is 36.4 Å². The molecule has 1 fully saturated rings. The molecule has 0 bridgehead atoms. The molecule has 2 aliphatic rings. The van der Waals surface area contributed by atoms with Crippen LogP contribution in [0.4, 0.5) is 5.69 Å². The minimum atomic E-state index is -0.269. The van der Waals surface area contributed by atoms with Crippen molar-refractivity contribution in [1.29, 1.82) is 0 Å². The first kappa shape index (κ1) is 15.8. The summed E-state index contributed by atoms with van der Waals surface area (Å²) in [5, 5.41) is 2.97. The lowest BCUT2D eigenvalue weighted by atomic mass is 9.81. The standard InChI is InChI=1S/C19H24N2O2/c1-14-8-10-15(11-9-14)20-18(22)16-6-2-3-7-17(16)19(23)21-12-4-5-13-21/h2-3,8-11,16-17H,4-7,12-13H2,1H3,(H,20,22). The highest BCUT2D eigenvalue weighted by molar-refractivity contribution is 5.96. The lowest BCUT2D eigenvalue weighted by molar-refractivity contribution is -0.139. The SMILES string of the molecule is Cc1ccc(NC(=O)C2CC=CCC2C(=O)N2CCCC2)cc1. The Hall–Kier alpha value is -2.10. The van der Waals surface area contributed by atoms with Crippen LogP contribution in [0.5, 0.6) is 0 Å². The lowest BCUT2D eigenvalue weighted by Gasteiger charge is -2.30. The Morgan fingerprint density at radius 2 is 1.61 bits per heavy atom. The van der Waals surface area contributed by atoms with Crippen LogP contribution in [0.3, 0.4) is 0 Å². The van der Waals surface area contributed by atoms with E-state index in [1.807, 2.05) is 48.2 Å². The minimum Gasteiger partial charge on any atom is -0.342 e. The second kappa shape index (κ2) is 6.99. The van der Waals surface area contributed by atoms with Crippen LogP contribution in [0.2, 0.25) is 0 Å². The summed E-state index contributed by atoms with van der Waals surface area (Å²) in [5.74, 6) is -0.385. The largest absolute Gasteiger partial charge is 0.342 e. The highest BCUT2D eigenvalue weighted by atomic mass is 16.2. The highest BCUT2D eigenvalue weighted by Crippen LogP contribution is 2.30. The fourth-order valence-corrected chi connectivity index (χ4v) is 3.42. The topological polar surface area (TPSA) is 49.4 Å². The van der Waals surface area contributed by atoms with Gasteiger partial charge in [0.05, 0.1) is 11.8 Å². The molecule has 1 aromatic rings. The van der Waals surface area contributed by atoms with E-state index < -0.39 is 0 Å². The lowest BCUT2D eigenvalue weighted by Crippen LogP contribution is -2.42. The fraction of sp³-hybridized carbons (Fsp3) is 0.474. The molecule has 1 heterocycles. The Kier molecular flexibility index (Phi) is 4.79. The molecule has 23 heavy (non-hydrogen) atoms. The van der Waals surface area contributed by atoms with Crippen LogP contribution in [0.25, 0.3) is 0 Å². The Labute approximate surface area is 137 Å². The predicted molar refractivity (Wildman–Crippen MR) is 91.0 cm³/mol. The van der Waals surface area contributed by atoms with Crippen molar-refractivity contribution in [2.75, 3.05) is 18.4 Å². The Bertz CT molecular complexity index is 600. The van der Waals surface area contributed by atoms with Crippen LogP contribution in [0.1, 0.15) is 31.2 Å². The second-order valence-corrected chi connectivity index (χ2v) is 6.54. The van der Waals surface area contributed by atoms with E-state index >= 15 is 0 Å². The molecular formula is C19H24N2O2. The Morgan fingerprint density at radius 3 is 2.26 bits per heavy atom. The van der Waals surface area contributed by atoms with E-state index in [0.29, 0.717) is 12.8 Å². The van der Waals surface area contributed by atoms with Crippen molar-refractivity contribution in [3.05, 3.63) is 42.0 Å². The Morgan fingerprint density at radius 1 is 1.00 bits per heavy atom. The molecular weight excluding hydrogens is 288 g/mol. The monoisotopic (exact) mass is 312 g/mol. The summed E-state index contributed by atoms with van der Waals surface area (Å²) in [5.41, 5.74) is 1.95. The second-order valence-electron chi connectivity index (χ2n) is 6.54. The van der Waals surface area contributed by atoms with Gasteiger partial charge in [0.1, 0.15) is 0 Å². The van der Waals surface area contributed by atoms with Crippen molar-refractivity contribution in [2.24, 2.45) is 11.8 Å². The van der Waals surface area contributed by atoms with Crippen molar-refractivity contribution >= 4 is 17.5 Å². The van der Waals surface area contributed by atoms with E-state index in [1.54, 1.807) is 0 Å². The molecule has 1 aliphatic heterocycles. The molecule has 0 radical (unpaired) electrons. The maximum Gasteiger partial charge on any atom is 0.228 e. The normalized spacial score (nSPS) is 23.8. The van der Waals surface area contributed by atoms with Gasteiger partial charge in [0.15, 0.2) is 0 Å². The molecule has 2 amide bonds. The predicted octanol–water partition coefficient (Wildman–Crippen LogP) is 3.14. The summed E-state index contributed by atoms with van der Waals surface area (Å²) in [6.07, 6.45) is 7.52. The Balaban J connectivity index is 1.70. The van der Waals surface area contributed by atoms with Gasteiger partial charge >= 0.3 is 0 Å². The van der Waals surface area contributed by atoms with Crippen LogP contribution >= 0.6 is 0 Å². The molecule has 0 aromatic heterocycles. The number of anilines is 1. The van der Waals surface area contributed by atoms with Crippen LogP contribution in [-0.2, 0) is 9.59 Å². The maximum absolute atomic E-state index is 12.7. The maximum atomic E-state index is 12.7. The molecule has 2 unspecified atom stereocenters. The molecule has 4 heteroatoms. The van der Waals surface area contributed by atoms with Gasteiger partial charge in [-0.05, 0) is 44.7 Å². The number of likely N-dealkylation sites (tertiary alicyclic amines) is 1. The average Bonchev–Trinajstić information content (AvgIpc) is 3.11. The number of benzene rings is 1. The summed E-state index contributed by atoms with van der Waals surface area (Å²) < 4.78 is 0. The van der Waals surface area contributed by atoms with Crippen molar-refractivity contribution in [3.63, 3.8) is 0 Å². The molecule has 1 aromatic carbocycles. The number of rotatable bonds is 3. The number of carbonyl (C=O) groups excluding carboxylic acids is 2. The number of hydrogen-bond donors (Lipinski definition) is 1. The minimum absolute atomic E-state index is 0.0456. The van der Waals surface area contributed by atoms with Gasteiger partial charge in [-0.1, -0.05) is 29.8 Å². The van der Waals surface area contributed by atoms with Crippen LogP contribution < -0.4 is 5.32 Å². The van der Waals surface area contributed by atoms with Crippen molar-refractivity contribution < 1.29 is 9.59 Å². The third-order valence-electron chi connectivity index (χ3n) is 4.82. The van der Waals surface area contributed by atoms with E-state index in [2.05, 4.69) is 5.32 Å². The summed E-state index contributed by atoms with van der Waals surface area (Å²) in [6.45, 7) is 3.69. The van der Waals surface area contributed by atoms with Gasteiger partial charge in [-0.2, -0.15) is 0 Å². The van der Waals surface area contributed by atoms with Gasteiger partial charge in [-0.15, -0.1) is 0 Å². The van der Waals surface area contributed by atoms with E-state index in [4.69, 9.17) is 0 Å². The van der Waals surface area contributed by atoms with Gasteiger partial charge in [0, 0.05) is 18.8 Å². The van der Waals surface area contributed by atoms with Crippen molar-refractivity contribution in [2.45, 2.75) is 32.6 Å². The quantitative estimate of drug-likeness (QED) is 0.872. The molecule has 1 aliphatic carbocycles. The molecule has 3 rings (SSSR count). The van der Waals surface area contributed by atoms with Gasteiger partial charge in [-0.3, -0.25) is 9.59 Å². The third-order valence-corrected chi connectivity index (χ3v) is 4.82. The number of allylic oxidation sites excluding steroid dienone is 2. The first-order valence-electron chi connectivity index (χ1n) is 8.46. The first-order chi connectivity index (χ1) is 11.1. The summed E-state index contributed by atoms with van der Waals surface area (Å²) in [6, 6.07) is 7.76. The molecule has 122 valence electrons. The summed E-state index contributed by atoms with van der Waals surface area (Å²) >= 11 is 0. The average molecular weight is 312 g/mol. The zero-order valence-electron chi connectivity index (χ0n) is 13.6. The van der Waals surface area contributed by atoms with Crippen molar-refractivity contribution in [1.82, 2.24) is 4.90 Å². The molecule has 4 nitrogen and oxygen atoms in total. The third kappa shape index (κ3) is 3.63. The van der Waals surface area contributed by atoms with E-state index in [0.717, 1.165) is 37.2 Å². The van der Waals surface area contributed by atoms with Gasteiger partial charge in [0.2, 0.25) is 11.8 Å². The van der Waals surface area contributed by atoms with Crippen LogP contribution in [0, 0.1) is 18.8 Å². The molecule has 0 spiro atoms. The number of amides is 2. The van der Waals surface area contributed by atoms with Gasteiger partial charge in [0.25, 0.3) is 0 Å².